The van der Waals surface area contributed by atoms with E-state index in [1.54, 1.807) is 12.1 Å². The predicted octanol–water partition coefficient (Wildman–Crippen LogP) is 4.19. The Morgan fingerprint density at radius 3 is 2.63 bits per heavy atom. The summed E-state index contributed by atoms with van der Waals surface area (Å²) in [6.07, 6.45) is 0.303. The topological polar surface area (TPSA) is 21.3 Å². The van der Waals surface area contributed by atoms with E-state index in [0.29, 0.717) is 17.6 Å². The minimum Gasteiger partial charge on any atom is -0.406 e. The number of hydrogen-bond acceptors (Lipinski definition) is 2. The number of halogens is 3. The van der Waals surface area contributed by atoms with E-state index in [2.05, 4.69) is 10.1 Å². The molecular weight excluding hydrogens is 255 g/mol. The maximum Gasteiger partial charge on any atom is 0.573 e. The first-order valence-electron chi connectivity index (χ1n) is 6.62. The van der Waals surface area contributed by atoms with Gasteiger partial charge < -0.3 is 10.1 Å². The first-order chi connectivity index (χ1) is 8.99. The Morgan fingerprint density at radius 1 is 1.16 bits per heavy atom. The highest BCUT2D eigenvalue weighted by Gasteiger charge is 2.39. The lowest BCUT2D eigenvalue weighted by atomic mass is 9.95. The van der Waals surface area contributed by atoms with Crippen LogP contribution in [0.4, 0.5) is 18.9 Å². The van der Waals surface area contributed by atoms with Crippen LogP contribution >= 0.6 is 0 Å². The molecule has 1 aromatic rings. The molecule has 2 saturated carbocycles. The van der Waals surface area contributed by atoms with Crippen LogP contribution in [-0.4, -0.2) is 12.4 Å². The van der Waals surface area contributed by atoms with Crippen molar-refractivity contribution in [2.45, 2.75) is 38.1 Å². The summed E-state index contributed by atoms with van der Waals surface area (Å²) >= 11 is 0. The van der Waals surface area contributed by atoms with Crippen molar-refractivity contribution in [2.24, 2.45) is 11.8 Å². The number of rotatable bonds is 3. The molecule has 104 valence electrons. The minimum absolute atomic E-state index is 0.166. The molecule has 0 amide bonds. The number of anilines is 1. The van der Waals surface area contributed by atoms with Gasteiger partial charge in [0.2, 0.25) is 0 Å². The molecule has 2 aliphatic carbocycles. The van der Waals surface area contributed by atoms with E-state index in [-0.39, 0.29) is 5.75 Å². The summed E-state index contributed by atoms with van der Waals surface area (Å²) < 4.78 is 40.4. The molecule has 3 atom stereocenters. The Kier molecular flexibility index (Phi) is 3.07. The van der Waals surface area contributed by atoms with Gasteiger partial charge in [0.25, 0.3) is 0 Å². The molecular formula is C14H16F3NO. The molecule has 0 saturated heterocycles. The maximum absolute atomic E-state index is 12.2. The van der Waals surface area contributed by atoms with Gasteiger partial charge in [0.15, 0.2) is 0 Å². The normalized spacial score (nSPS) is 29.5. The largest absolute Gasteiger partial charge is 0.573 e. The van der Waals surface area contributed by atoms with Gasteiger partial charge in [-0.2, -0.15) is 0 Å². The molecule has 0 spiro atoms. The number of hydrogen-bond donors (Lipinski definition) is 1. The smallest absolute Gasteiger partial charge is 0.406 e. The second-order valence-corrected chi connectivity index (χ2v) is 5.50. The van der Waals surface area contributed by atoms with E-state index in [4.69, 9.17) is 0 Å². The third kappa shape index (κ3) is 2.96. The fourth-order valence-electron chi connectivity index (χ4n) is 3.42. The van der Waals surface area contributed by atoms with Gasteiger partial charge in [-0.15, -0.1) is 13.2 Å². The average molecular weight is 271 g/mol. The number of fused-ring (bicyclic) bond motifs is 2. The van der Waals surface area contributed by atoms with Crippen LogP contribution in [0.15, 0.2) is 24.3 Å². The summed E-state index contributed by atoms with van der Waals surface area (Å²) in [5.41, 5.74) is 0.708. The SMILES string of the molecule is FC(F)(F)Oc1cccc(NC2CC3CCC2C3)c1. The first-order valence-corrected chi connectivity index (χ1v) is 6.62. The number of benzene rings is 1. The highest BCUT2D eigenvalue weighted by Crippen LogP contribution is 2.45. The lowest BCUT2D eigenvalue weighted by Gasteiger charge is -2.24. The predicted molar refractivity (Wildman–Crippen MR) is 66.0 cm³/mol. The quantitative estimate of drug-likeness (QED) is 0.890. The molecule has 0 radical (unpaired) electrons. The zero-order valence-corrected chi connectivity index (χ0v) is 10.4. The van der Waals surface area contributed by atoms with Crippen LogP contribution in [0.1, 0.15) is 25.7 Å². The van der Waals surface area contributed by atoms with Crippen LogP contribution in [-0.2, 0) is 0 Å². The van der Waals surface area contributed by atoms with Gasteiger partial charge in [0, 0.05) is 17.8 Å². The van der Waals surface area contributed by atoms with Crippen LogP contribution in [0.5, 0.6) is 5.75 Å². The summed E-state index contributed by atoms with van der Waals surface area (Å²) in [5.74, 6) is 1.31. The van der Waals surface area contributed by atoms with E-state index in [1.807, 2.05) is 0 Å². The Hall–Kier alpha value is -1.39. The van der Waals surface area contributed by atoms with Crippen molar-refractivity contribution in [3.05, 3.63) is 24.3 Å². The Bertz CT molecular complexity index is 460. The molecule has 2 nitrogen and oxygen atoms in total. The average Bonchev–Trinajstić information content (AvgIpc) is 2.88. The molecule has 5 heteroatoms. The zero-order chi connectivity index (χ0) is 13.5. The second kappa shape index (κ2) is 4.62. The first kappa shape index (κ1) is 12.6. The van der Waals surface area contributed by atoms with Crippen LogP contribution < -0.4 is 10.1 Å². The maximum atomic E-state index is 12.2. The lowest BCUT2D eigenvalue weighted by molar-refractivity contribution is -0.274. The van der Waals surface area contributed by atoms with Crippen molar-refractivity contribution in [1.29, 1.82) is 0 Å². The van der Waals surface area contributed by atoms with Crippen molar-refractivity contribution in [3.8, 4) is 5.75 Å². The third-order valence-corrected chi connectivity index (χ3v) is 4.16. The summed E-state index contributed by atoms with van der Waals surface area (Å²) in [6, 6.07) is 6.50. The molecule has 3 unspecified atom stereocenters. The monoisotopic (exact) mass is 271 g/mol. The highest BCUT2D eigenvalue weighted by atomic mass is 19.4. The highest BCUT2D eigenvalue weighted by molar-refractivity contribution is 5.49. The van der Waals surface area contributed by atoms with Crippen molar-refractivity contribution < 1.29 is 17.9 Å². The third-order valence-electron chi connectivity index (χ3n) is 4.16. The van der Waals surface area contributed by atoms with Gasteiger partial charge in [-0.25, -0.2) is 0 Å². The molecule has 1 N–H and O–H groups in total. The van der Waals surface area contributed by atoms with Crippen molar-refractivity contribution in [2.75, 3.05) is 5.32 Å². The lowest BCUT2D eigenvalue weighted by Crippen LogP contribution is -2.25. The zero-order valence-electron chi connectivity index (χ0n) is 10.4. The minimum atomic E-state index is -4.63. The summed E-state index contributed by atoms with van der Waals surface area (Å²) in [6.45, 7) is 0. The Labute approximate surface area is 109 Å². The van der Waals surface area contributed by atoms with Gasteiger partial charge in [0.05, 0.1) is 0 Å². The molecule has 3 rings (SSSR count). The summed E-state index contributed by atoms with van der Waals surface area (Å²) in [4.78, 5) is 0. The number of ether oxygens (including phenoxy) is 1. The van der Waals surface area contributed by atoms with E-state index in [0.717, 1.165) is 12.3 Å². The van der Waals surface area contributed by atoms with E-state index in [9.17, 15) is 13.2 Å². The Morgan fingerprint density at radius 2 is 2.00 bits per heavy atom. The standard InChI is InChI=1S/C14H16F3NO/c15-14(16,17)19-12-3-1-2-11(8-12)18-13-7-9-4-5-10(13)6-9/h1-3,8-10,13,18H,4-7H2. The van der Waals surface area contributed by atoms with Crippen LogP contribution in [0.3, 0.4) is 0 Å². The molecule has 0 heterocycles. The van der Waals surface area contributed by atoms with Crippen molar-refractivity contribution in [1.82, 2.24) is 0 Å². The van der Waals surface area contributed by atoms with Gasteiger partial charge in [-0.05, 0) is 43.2 Å². The second-order valence-electron chi connectivity index (χ2n) is 5.50. The molecule has 1 aromatic carbocycles. The van der Waals surface area contributed by atoms with E-state index >= 15 is 0 Å². The van der Waals surface area contributed by atoms with Crippen LogP contribution in [0, 0.1) is 11.8 Å². The van der Waals surface area contributed by atoms with Gasteiger partial charge >= 0.3 is 6.36 Å². The van der Waals surface area contributed by atoms with Gasteiger partial charge in [0.1, 0.15) is 5.75 Å². The van der Waals surface area contributed by atoms with Crippen molar-refractivity contribution in [3.63, 3.8) is 0 Å². The number of alkyl halides is 3. The molecule has 2 aliphatic rings. The molecule has 19 heavy (non-hydrogen) atoms. The molecule has 0 aliphatic heterocycles. The molecule has 2 bridgehead atoms. The summed E-state index contributed by atoms with van der Waals surface area (Å²) in [5, 5.41) is 3.35. The fraction of sp³-hybridized carbons (Fsp3) is 0.571. The number of nitrogens with one attached hydrogen (secondary N) is 1. The van der Waals surface area contributed by atoms with E-state index < -0.39 is 6.36 Å². The van der Waals surface area contributed by atoms with Gasteiger partial charge in [-0.1, -0.05) is 12.5 Å². The fourth-order valence-corrected chi connectivity index (χ4v) is 3.42. The van der Waals surface area contributed by atoms with E-state index in [1.165, 1.54) is 31.4 Å². The van der Waals surface area contributed by atoms with Crippen LogP contribution in [0.25, 0.3) is 0 Å². The van der Waals surface area contributed by atoms with Gasteiger partial charge in [-0.3, -0.25) is 0 Å². The molecule has 2 fully saturated rings. The molecule has 0 aromatic heterocycles. The Balaban J connectivity index is 1.66. The van der Waals surface area contributed by atoms with Crippen molar-refractivity contribution >= 4 is 5.69 Å². The van der Waals surface area contributed by atoms with Crippen LogP contribution in [0.2, 0.25) is 0 Å². The summed E-state index contributed by atoms with van der Waals surface area (Å²) in [7, 11) is 0.